The summed E-state index contributed by atoms with van der Waals surface area (Å²) in [5.41, 5.74) is 8.13. The minimum atomic E-state index is -1.01. The van der Waals surface area contributed by atoms with Gasteiger partial charge in [0.25, 0.3) is 0 Å². The van der Waals surface area contributed by atoms with Crippen LogP contribution < -0.4 is 5.73 Å². The van der Waals surface area contributed by atoms with E-state index >= 15 is 0 Å². The molecule has 0 amide bonds. The second-order valence-electron chi connectivity index (χ2n) is 4.47. The van der Waals surface area contributed by atoms with Gasteiger partial charge in [-0.2, -0.15) is 0 Å². The fourth-order valence-corrected chi connectivity index (χ4v) is 2.28. The molecule has 104 valence electrons. The van der Waals surface area contributed by atoms with Crippen LogP contribution in [0.25, 0.3) is 11.1 Å². The normalized spacial score (nSPS) is 12.2. The van der Waals surface area contributed by atoms with Gasteiger partial charge in [0.1, 0.15) is 6.04 Å². The first-order chi connectivity index (χ1) is 9.47. The Bertz CT molecular complexity index is 626. The largest absolute Gasteiger partial charge is 0.480 e. The third-order valence-electron chi connectivity index (χ3n) is 2.97. The van der Waals surface area contributed by atoms with Crippen LogP contribution in [0, 0.1) is 0 Å². The molecule has 0 heterocycles. The lowest BCUT2D eigenvalue weighted by atomic mass is 10.0. The molecule has 0 aromatic heterocycles. The highest BCUT2D eigenvalue weighted by molar-refractivity contribution is 6.35. The Morgan fingerprint density at radius 1 is 1.15 bits per heavy atom. The zero-order valence-corrected chi connectivity index (χ0v) is 12.0. The van der Waals surface area contributed by atoms with E-state index in [0.717, 1.165) is 16.7 Å². The van der Waals surface area contributed by atoms with Crippen molar-refractivity contribution in [2.24, 2.45) is 5.73 Å². The number of carbonyl (C=O) groups is 1. The van der Waals surface area contributed by atoms with Crippen LogP contribution in [0.3, 0.4) is 0 Å². The van der Waals surface area contributed by atoms with E-state index in [9.17, 15) is 4.79 Å². The Morgan fingerprint density at radius 3 is 2.40 bits per heavy atom. The Kier molecular flexibility index (Phi) is 4.65. The predicted molar refractivity (Wildman–Crippen MR) is 81.2 cm³/mol. The average Bonchev–Trinajstić information content (AvgIpc) is 2.42. The van der Waals surface area contributed by atoms with Gasteiger partial charge in [-0.3, -0.25) is 4.79 Å². The van der Waals surface area contributed by atoms with E-state index < -0.39 is 12.0 Å². The van der Waals surface area contributed by atoms with Crippen molar-refractivity contribution in [1.82, 2.24) is 0 Å². The highest BCUT2D eigenvalue weighted by Gasteiger charge is 2.12. The van der Waals surface area contributed by atoms with Crippen molar-refractivity contribution in [3.63, 3.8) is 0 Å². The summed E-state index contributed by atoms with van der Waals surface area (Å²) in [5.74, 6) is -1.01. The van der Waals surface area contributed by atoms with E-state index in [1.54, 1.807) is 18.2 Å². The van der Waals surface area contributed by atoms with Crippen LogP contribution in [-0.4, -0.2) is 17.1 Å². The Hall–Kier alpha value is -1.55. The lowest BCUT2D eigenvalue weighted by Gasteiger charge is -2.09. The van der Waals surface area contributed by atoms with E-state index in [4.69, 9.17) is 34.0 Å². The van der Waals surface area contributed by atoms with Crippen LogP contribution in [0.4, 0.5) is 0 Å². The first kappa shape index (κ1) is 14.9. The van der Waals surface area contributed by atoms with Gasteiger partial charge >= 0.3 is 5.97 Å². The molecule has 0 radical (unpaired) electrons. The molecule has 0 aliphatic heterocycles. The highest BCUT2D eigenvalue weighted by Crippen LogP contribution is 2.30. The van der Waals surface area contributed by atoms with Crippen LogP contribution in [0.2, 0.25) is 10.0 Å². The SMILES string of the molecule is N[C@@H](Cc1ccc(-c2cc(Cl)ccc2Cl)cc1)C(=O)O. The van der Waals surface area contributed by atoms with Crippen molar-refractivity contribution >= 4 is 29.2 Å². The van der Waals surface area contributed by atoms with Crippen LogP contribution >= 0.6 is 23.2 Å². The molecular formula is C15H13Cl2NO2. The van der Waals surface area contributed by atoms with Crippen molar-refractivity contribution in [2.75, 3.05) is 0 Å². The first-order valence-electron chi connectivity index (χ1n) is 6.00. The van der Waals surface area contributed by atoms with Gasteiger partial charge in [-0.1, -0.05) is 47.5 Å². The fraction of sp³-hybridized carbons (Fsp3) is 0.133. The van der Waals surface area contributed by atoms with Gasteiger partial charge in [0.15, 0.2) is 0 Å². The molecule has 0 bridgehead atoms. The van der Waals surface area contributed by atoms with Gasteiger partial charge in [-0.05, 0) is 35.7 Å². The number of rotatable bonds is 4. The lowest BCUT2D eigenvalue weighted by Crippen LogP contribution is -2.32. The summed E-state index contributed by atoms with van der Waals surface area (Å²) in [7, 11) is 0. The van der Waals surface area contributed by atoms with E-state index in [2.05, 4.69) is 0 Å². The lowest BCUT2D eigenvalue weighted by molar-refractivity contribution is -0.138. The van der Waals surface area contributed by atoms with Crippen molar-refractivity contribution in [3.8, 4) is 11.1 Å². The molecular weight excluding hydrogens is 297 g/mol. The summed E-state index contributed by atoms with van der Waals surface area (Å²) in [6.07, 6.45) is 0.291. The standard InChI is InChI=1S/C15H13Cl2NO2/c16-11-5-6-13(17)12(8-11)10-3-1-9(2-4-10)7-14(18)15(19)20/h1-6,8,14H,7,18H2,(H,19,20)/t14-/m0/s1. The highest BCUT2D eigenvalue weighted by atomic mass is 35.5. The number of benzene rings is 2. The maximum absolute atomic E-state index is 10.7. The summed E-state index contributed by atoms with van der Waals surface area (Å²) >= 11 is 12.1. The number of hydrogen-bond donors (Lipinski definition) is 2. The van der Waals surface area contributed by atoms with Crippen LogP contribution in [0.1, 0.15) is 5.56 Å². The van der Waals surface area contributed by atoms with Crippen LogP contribution in [-0.2, 0) is 11.2 Å². The monoisotopic (exact) mass is 309 g/mol. The minimum Gasteiger partial charge on any atom is -0.480 e. The van der Waals surface area contributed by atoms with Crippen molar-refractivity contribution < 1.29 is 9.90 Å². The Labute approximate surface area is 126 Å². The van der Waals surface area contributed by atoms with E-state index in [0.29, 0.717) is 16.5 Å². The molecule has 3 nitrogen and oxygen atoms in total. The van der Waals surface area contributed by atoms with Gasteiger partial charge in [0.05, 0.1) is 0 Å². The number of carboxylic acids is 1. The molecule has 5 heteroatoms. The number of halogens is 2. The van der Waals surface area contributed by atoms with Gasteiger partial charge in [-0.25, -0.2) is 0 Å². The molecule has 0 aliphatic carbocycles. The molecule has 20 heavy (non-hydrogen) atoms. The zero-order valence-electron chi connectivity index (χ0n) is 10.5. The maximum Gasteiger partial charge on any atom is 0.320 e. The van der Waals surface area contributed by atoms with Gasteiger partial charge in [0.2, 0.25) is 0 Å². The summed E-state index contributed by atoms with van der Waals surface area (Å²) in [6.45, 7) is 0. The molecule has 2 aromatic carbocycles. The summed E-state index contributed by atoms with van der Waals surface area (Å²) < 4.78 is 0. The molecule has 0 saturated carbocycles. The van der Waals surface area contributed by atoms with Crippen molar-refractivity contribution in [1.29, 1.82) is 0 Å². The predicted octanol–water partition coefficient (Wildman–Crippen LogP) is 3.61. The zero-order chi connectivity index (χ0) is 14.7. The third kappa shape index (κ3) is 3.51. The molecule has 1 atom stereocenters. The number of aliphatic carboxylic acids is 1. The molecule has 0 unspecified atom stereocenters. The number of carboxylic acid groups (broad SMARTS) is 1. The number of hydrogen-bond acceptors (Lipinski definition) is 2. The molecule has 0 spiro atoms. The molecule has 0 fully saturated rings. The smallest absolute Gasteiger partial charge is 0.320 e. The summed E-state index contributed by atoms with van der Waals surface area (Å²) in [6, 6.07) is 11.8. The van der Waals surface area contributed by atoms with Crippen molar-refractivity contribution in [2.45, 2.75) is 12.5 Å². The molecule has 0 saturated heterocycles. The van der Waals surface area contributed by atoms with Gasteiger partial charge < -0.3 is 10.8 Å². The third-order valence-corrected chi connectivity index (χ3v) is 3.53. The second-order valence-corrected chi connectivity index (χ2v) is 5.31. The maximum atomic E-state index is 10.7. The van der Waals surface area contributed by atoms with Crippen molar-refractivity contribution in [3.05, 3.63) is 58.1 Å². The number of nitrogens with two attached hydrogens (primary N) is 1. The van der Waals surface area contributed by atoms with Gasteiger partial charge in [-0.15, -0.1) is 0 Å². The second kappa shape index (κ2) is 6.27. The Balaban J connectivity index is 2.24. The van der Waals surface area contributed by atoms with Crippen LogP contribution in [0.15, 0.2) is 42.5 Å². The molecule has 3 N–H and O–H groups in total. The quantitative estimate of drug-likeness (QED) is 0.906. The fourth-order valence-electron chi connectivity index (χ4n) is 1.88. The van der Waals surface area contributed by atoms with Gasteiger partial charge in [0, 0.05) is 15.6 Å². The van der Waals surface area contributed by atoms with Crippen LogP contribution in [0.5, 0.6) is 0 Å². The summed E-state index contributed by atoms with van der Waals surface area (Å²) in [4.78, 5) is 10.7. The van der Waals surface area contributed by atoms with E-state index in [1.165, 1.54) is 0 Å². The molecule has 2 rings (SSSR count). The summed E-state index contributed by atoms with van der Waals surface area (Å²) in [5, 5.41) is 10.0. The van der Waals surface area contributed by atoms with E-state index in [-0.39, 0.29) is 0 Å². The molecule has 0 aliphatic rings. The minimum absolute atomic E-state index is 0.291. The topological polar surface area (TPSA) is 63.3 Å². The Morgan fingerprint density at radius 2 is 1.80 bits per heavy atom. The first-order valence-corrected chi connectivity index (χ1v) is 6.75. The molecule has 2 aromatic rings. The average molecular weight is 310 g/mol. The van der Waals surface area contributed by atoms with E-state index in [1.807, 2.05) is 24.3 Å².